The van der Waals surface area contributed by atoms with Crippen LogP contribution in [0.4, 0.5) is 0 Å². The van der Waals surface area contributed by atoms with Crippen molar-refractivity contribution in [2.75, 3.05) is 0 Å². The van der Waals surface area contributed by atoms with E-state index in [0.717, 1.165) is 47.8 Å². The second kappa shape index (κ2) is 7.98. The Kier molecular flexibility index (Phi) is 5.49. The number of aromatic nitrogens is 1. The van der Waals surface area contributed by atoms with Crippen molar-refractivity contribution in [3.05, 3.63) is 78.0 Å². The molecule has 2 heteroatoms. The summed E-state index contributed by atoms with van der Waals surface area (Å²) < 4.78 is 1.89. The summed E-state index contributed by atoms with van der Waals surface area (Å²) in [5.74, 6) is 0.0373. The molecule has 1 aromatic heterocycles. The van der Waals surface area contributed by atoms with Gasteiger partial charge in [0.05, 0.1) is 11.2 Å². The molecule has 128 valence electrons. The summed E-state index contributed by atoms with van der Waals surface area (Å²) in [6, 6.07) is 19.8. The number of nitrogens with zero attached hydrogens (tertiary/aromatic N) is 1. The fourth-order valence-electron chi connectivity index (χ4n) is 3.24. The van der Waals surface area contributed by atoms with Crippen LogP contribution in [0.25, 0.3) is 16.5 Å². The summed E-state index contributed by atoms with van der Waals surface area (Å²) in [5.41, 5.74) is 4.00. The maximum Gasteiger partial charge on any atom is 0.262 e. The van der Waals surface area contributed by atoms with Crippen LogP contribution in [0.5, 0.6) is 0 Å². The largest absolute Gasteiger partial charge is 0.276 e. The molecule has 0 saturated carbocycles. The molecule has 0 aliphatic rings. The molecule has 0 unspecified atom stereocenters. The van der Waals surface area contributed by atoms with Gasteiger partial charge in [-0.05, 0) is 42.7 Å². The Morgan fingerprint density at radius 1 is 0.960 bits per heavy atom. The monoisotopic (exact) mass is 331 g/mol. The molecule has 3 aromatic rings. The van der Waals surface area contributed by atoms with Gasteiger partial charge in [-0.2, -0.15) is 0 Å². The van der Waals surface area contributed by atoms with E-state index in [2.05, 4.69) is 32.1 Å². The standard InChI is InChI=1S/C23H25NO/c1-3-5-12-18(11-4-2)22-17-20-15-9-10-16-21(20)24(22)23(25)19-13-7-6-8-14-19/h6-10,12-17H,3-5,11H2,1-2H3/b18-12+. The first-order chi connectivity index (χ1) is 12.3. The van der Waals surface area contributed by atoms with Crippen LogP contribution in [-0.2, 0) is 0 Å². The third kappa shape index (κ3) is 3.58. The molecule has 0 N–H and O–H groups in total. The van der Waals surface area contributed by atoms with Crippen molar-refractivity contribution in [1.82, 2.24) is 4.57 Å². The van der Waals surface area contributed by atoms with Gasteiger partial charge in [-0.3, -0.25) is 9.36 Å². The minimum Gasteiger partial charge on any atom is -0.276 e. The smallest absolute Gasteiger partial charge is 0.262 e. The molecular formula is C23H25NO. The van der Waals surface area contributed by atoms with E-state index >= 15 is 0 Å². The van der Waals surface area contributed by atoms with E-state index < -0.39 is 0 Å². The number of carbonyl (C=O) groups is 1. The molecule has 0 aliphatic carbocycles. The van der Waals surface area contributed by atoms with Crippen molar-refractivity contribution < 1.29 is 4.79 Å². The van der Waals surface area contributed by atoms with Crippen molar-refractivity contribution in [3.63, 3.8) is 0 Å². The molecule has 25 heavy (non-hydrogen) atoms. The van der Waals surface area contributed by atoms with Gasteiger partial charge in [-0.25, -0.2) is 0 Å². The number of unbranched alkanes of at least 4 members (excludes halogenated alkanes) is 1. The molecule has 0 saturated heterocycles. The van der Waals surface area contributed by atoms with Crippen molar-refractivity contribution >= 4 is 22.4 Å². The third-order valence-corrected chi connectivity index (χ3v) is 4.46. The minimum absolute atomic E-state index is 0.0373. The van der Waals surface area contributed by atoms with Crippen molar-refractivity contribution in [2.45, 2.75) is 39.5 Å². The molecule has 3 rings (SSSR count). The van der Waals surface area contributed by atoms with Crippen LogP contribution in [0.15, 0.2) is 66.7 Å². The lowest BCUT2D eigenvalue weighted by atomic mass is 10.0. The molecule has 0 atom stereocenters. The highest BCUT2D eigenvalue weighted by Crippen LogP contribution is 2.29. The third-order valence-electron chi connectivity index (χ3n) is 4.46. The lowest BCUT2D eigenvalue weighted by Gasteiger charge is -2.12. The number of hydrogen-bond donors (Lipinski definition) is 0. The SMILES string of the molecule is CCC/C=C(\CCC)c1cc2ccccc2n1C(=O)c1ccccc1. The number of fused-ring (bicyclic) bond motifs is 1. The van der Waals surface area contributed by atoms with E-state index in [0.29, 0.717) is 0 Å². The van der Waals surface area contributed by atoms with Crippen molar-refractivity contribution in [1.29, 1.82) is 0 Å². The second-order valence-electron chi connectivity index (χ2n) is 6.36. The highest BCUT2D eigenvalue weighted by Gasteiger charge is 2.18. The van der Waals surface area contributed by atoms with Gasteiger partial charge < -0.3 is 0 Å². The van der Waals surface area contributed by atoms with Crippen LogP contribution < -0.4 is 0 Å². The van der Waals surface area contributed by atoms with E-state index in [9.17, 15) is 4.79 Å². The zero-order valence-corrected chi connectivity index (χ0v) is 15.0. The Hall–Kier alpha value is -2.61. The van der Waals surface area contributed by atoms with Gasteiger partial charge in [0.1, 0.15) is 0 Å². The predicted octanol–water partition coefficient (Wildman–Crippen LogP) is 6.31. The first kappa shape index (κ1) is 17.2. The normalized spacial score (nSPS) is 11.8. The summed E-state index contributed by atoms with van der Waals surface area (Å²) in [5, 5.41) is 1.11. The fraction of sp³-hybridized carbons (Fsp3) is 0.261. The number of para-hydroxylation sites is 1. The Labute approximate surface area is 149 Å². The van der Waals surface area contributed by atoms with Crippen LogP contribution in [0.3, 0.4) is 0 Å². The second-order valence-corrected chi connectivity index (χ2v) is 6.36. The van der Waals surface area contributed by atoms with Gasteiger partial charge in [0.2, 0.25) is 0 Å². The van der Waals surface area contributed by atoms with Crippen molar-refractivity contribution in [3.8, 4) is 0 Å². The van der Waals surface area contributed by atoms with Crippen molar-refractivity contribution in [2.24, 2.45) is 0 Å². The van der Waals surface area contributed by atoms with Gasteiger partial charge >= 0.3 is 0 Å². The van der Waals surface area contributed by atoms with Gasteiger partial charge in [0.25, 0.3) is 5.91 Å². The Bertz CT molecular complexity index is 887. The summed E-state index contributed by atoms with van der Waals surface area (Å²) in [4.78, 5) is 13.3. The summed E-state index contributed by atoms with van der Waals surface area (Å²) >= 11 is 0. The average Bonchev–Trinajstić information content (AvgIpc) is 3.04. The van der Waals surface area contributed by atoms with E-state index in [-0.39, 0.29) is 5.91 Å². The summed E-state index contributed by atoms with van der Waals surface area (Å²) in [7, 11) is 0. The zero-order chi connectivity index (χ0) is 17.6. The Morgan fingerprint density at radius 2 is 1.68 bits per heavy atom. The molecule has 0 aliphatic heterocycles. The van der Waals surface area contributed by atoms with Crippen LogP contribution in [-0.4, -0.2) is 10.5 Å². The van der Waals surface area contributed by atoms with E-state index in [1.54, 1.807) is 0 Å². The lowest BCUT2D eigenvalue weighted by molar-refractivity contribution is 0.0964. The predicted molar refractivity (Wildman–Crippen MR) is 106 cm³/mol. The van der Waals surface area contributed by atoms with Crippen LogP contribution in [0.2, 0.25) is 0 Å². The van der Waals surface area contributed by atoms with E-state index in [1.165, 1.54) is 5.57 Å². The molecule has 2 aromatic carbocycles. The average molecular weight is 331 g/mol. The highest BCUT2D eigenvalue weighted by atomic mass is 16.2. The van der Waals surface area contributed by atoms with Crippen LogP contribution in [0.1, 0.15) is 55.6 Å². The zero-order valence-electron chi connectivity index (χ0n) is 15.0. The number of benzene rings is 2. The van der Waals surface area contributed by atoms with Crippen LogP contribution in [0, 0.1) is 0 Å². The molecule has 0 amide bonds. The fourth-order valence-corrected chi connectivity index (χ4v) is 3.24. The molecule has 2 nitrogen and oxygen atoms in total. The first-order valence-electron chi connectivity index (χ1n) is 9.16. The number of hydrogen-bond acceptors (Lipinski definition) is 1. The van der Waals surface area contributed by atoms with Crippen LogP contribution >= 0.6 is 0 Å². The molecule has 0 spiro atoms. The molecule has 0 fully saturated rings. The number of allylic oxidation sites excluding steroid dienone is 2. The number of carbonyl (C=O) groups excluding carboxylic acids is 1. The quantitative estimate of drug-likeness (QED) is 0.518. The molecular weight excluding hydrogens is 306 g/mol. The summed E-state index contributed by atoms with van der Waals surface area (Å²) in [6.07, 6.45) is 6.50. The molecule has 0 bridgehead atoms. The Morgan fingerprint density at radius 3 is 2.40 bits per heavy atom. The van der Waals surface area contributed by atoms with Gasteiger partial charge in [0, 0.05) is 10.9 Å². The molecule has 0 radical (unpaired) electrons. The van der Waals surface area contributed by atoms with Gasteiger partial charge in [-0.15, -0.1) is 0 Å². The maximum absolute atomic E-state index is 13.3. The minimum atomic E-state index is 0.0373. The van der Waals surface area contributed by atoms with Gasteiger partial charge in [-0.1, -0.05) is 69.2 Å². The first-order valence-corrected chi connectivity index (χ1v) is 9.16. The summed E-state index contributed by atoms with van der Waals surface area (Å²) in [6.45, 7) is 4.37. The van der Waals surface area contributed by atoms with E-state index in [4.69, 9.17) is 0 Å². The topological polar surface area (TPSA) is 22.0 Å². The van der Waals surface area contributed by atoms with E-state index in [1.807, 2.05) is 53.1 Å². The molecule has 1 heterocycles. The van der Waals surface area contributed by atoms with Gasteiger partial charge in [0.15, 0.2) is 0 Å². The highest BCUT2D eigenvalue weighted by molar-refractivity contribution is 6.04. The Balaban J connectivity index is 2.20. The maximum atomic E-state index is 13.3. The lowest BCUT2D eigenvalue weighted by Crippen LogP contribution is -2.14. The number of rotatable bonds is 6.